The minimum atomic E-state index is 0.222. The smallest absolute Gasteiger partial charge is 0.228 e. The van der Waals surface area contributed by atoms with Crippen LogP contribution in [-0.4, -0.2) is 41.2 Å². The normalized spacial score (nSPS) is 17.3. The zero-order valence-corrected chi connectivity index (χ0v) is 13.8. The predicted octanol–water partition coefficient (Wildman–Crippen LogP) is 2.12. The lowest BCUT2D eigenvalue weighted by molar-refractivity contribution is 0.415. The van der Waals surface area contributed by atoms with Crippen LogP contribution in [0.4, 0.5) is 17.6 Å². The van der Waals surface area contributed by atoms with Gasteiger partial charge in [0.05, 0.1) is 12.8 Å². The summed E-state index contributed by atoms with van der Waals surface area (Å²) in [6, 6.07) is 5.86. The molecule has 8 heteroatoms. The molecule has 1 atom stereocenters. The SMILES string of the molecule is COc1ccc(Cl)cc1N1CCC(Nc2nc(C)nc(N)n2)C1. The van der Waals surface area contributed by atoms with Crippen LogP contribution in [0.2, 0.25) is 5.02 Å². The quantitative estimate of drug-likeness (QED) is 0.885. The van der Waals surface area contributed by atoms with Gasteiger partial charge in [0.25, 0.3) is 0 Å². The van der Waals surface area contributed by atoms with E-state index < -0.39 is 0 Å². The lowest BCUT2D eigenvalue weighted by Gasteiger charge is -2.21. The number of hydrogen-bond acceptors (Lipinski definition) is 7. The molecule has 1 unspecified atom stereocenters. The van der Waals surface area contributed by atoms with Crippen molar-refractivity contribution in [3.8, 4) is 5.75 Å². The minimum absolute atomic E-state index is 0.222. The van der Waals surface area contributed by atoms with Gasteiger partial charge in [0.2, 0.25) is 11.9 Å². The highest BCUT2D eigenvalue weighted by Crippen LogP contribution is 2.33. The Morgan fingerprint density at radius 2 is 2.17 bits per heavy atom. The first-order valence-corrected chi connectivity index (χ1v) is 7.76. The molecule has 1 aromatic carbocycles. The number of benzene rings is 1. The minimum Gasteiger partial charge on any atom is -0.495 e. The van der Waals surface area contributed by atoms with E-state index in [0.717, 1.165) is 30.9 Å². The Balaban J connectivity index is 1.72. The van der Waals surface area contributed by atoms with Crippen LogP contribution < -0.4 is 20.7 Å². The van der Waals surface area contributed by atoms with Gasteiger partial charge < -0.3 is 20.7 Å². The summed E-state index contributed by atoms with van der Waals surface area (Å²) in [6.45, 7) is 3.50. The zero-order valence-electron chi connectivity index (χ0n) is 13.1. The lowest BCUT2D eigenvalue weighted by Crippen LogP contribution is -2.27. The first kappa shape index (κ1) is 15.6. The molecule has 0 spiro atoms. The second-order valence-electron chi connectivity index (χ2n) is 5.46. The number of nitrogens with two attached hydrogens (primary N) is 1. The van der Waals surface area contributed by atoms with E-state index in [1.807, 2.05) is 18.2 Å². The van der Waals surface area contributed by atoms with Gasteiger partial charge in [-0.2, -0.15) is 15.0 Å². The second-order valence-corrected chi connectivity index (χ2v) is 5.89. The molecule has 1 fully saturated rings. The fourth-order valence-corrected chi connectivity index (χ4v) is 2.92. The number of aromatic nitrogens is 3. The molecule has 7 nitrogen and oxygen atoms in total. The number of aryl methyl sites for hydroxylation is 1. The summed E-state index contributed by atoms with van der Waals surface area (Å²) in [6.07, 6.45) is 0.959. The molecule has 0 aliphatic carbocycles. The summed E-state index contributed by atoms with van der Waals surface area (Å²) in [4.78, 5) is 14.6. The molecule has 1 saturated heterocycles. The maximum absolute atomic E-state index is 6.11. The molecule has 2 heterocycles. The molecule has 2 aromatic rings. The first-order chi connectivity index (χ1) is 11.0. The standard InChI is InChI=1S/C15H19ClN6O/c1-9-18-14(17)21-15(19-9)20-11-5-6-22(8-11)12-7-10(16)3-4-13(12)23-2/h3-4,7,11H,5-6,8H2,1-2H3,(H3,17,18,19,20,21). The predicted molar refractivity (Wildman–Crippen MR) is 91.2 cm³/mol. The number of nitrogens with zero attached hydrogens (tertiary/aromatic N) is 4. The van der Waals surface area contributed by atoms with E-state index in [0.29, 0.717) is 16.8 Å². The van der Waals surface area contributed by atoms with Gasteiger partial charge in [-0.3, -0.25) is 0 Å². The first-order valence-electron chi connectivity index (χ1n) is 7.38. The van der Waals surface area contributed by atoms with Gasteiger partial charge in [-0.25, -0.2) is 0 Å². The molecule has 0 bridgehead atoms. The number of ether oxygens (including phenoxy) is 1. The fourth-order valence-electron chi connectivity index (χ4n) is 2.76. The van der Waals surface area contributed by atoms with Crippen molar-refractivity contribution in [2.75, 3.05) is 36.1 Å². The van der Waals surface area contributed by atoms with Crippen molar-refractivity contribution < 1.29 is 4.74 Å². The Bertz CT molecular complexity index is 690. The average molecular weight is 335 g/mol. The third-order valence-corrected chi connectivity index (χ3v) is 4.00. The Morgan fingerprint density at radius 3 is 2.91 bits per heavy atom. The molecule has 3 N–H and O–H groups in total. The van der Waals surface area contributed by atoms with Crippen LogP contribution in [0.15, 0.2) is 18.2 Å². The van der Waals surface area contributed by atoms with Crippen molar-refractivity contribution >= 4 is 29.2 Å². The molecule has 1 aliphatic heterocycles. The maximum atomic E-state index is 6.11. The molecule has 0 saturated carbocycles. The maximum Gasteiger partial charge on any atom is 0.228 e. The van der Waals surface area contributed by atoms with Gasteiger partial charge in [0, 0.05) is 24.2 Å². The van der Waals surface area contributed by atoms with Crippen LogP contribution in [0.1, 0.15) is 12.2 Å². The van der Waals surface area contributed by atoms with Crippen molar-refractivity contribution in [1.82, 2.24) is 15.0 Å². The topological polar surface area (TPSA) is 89.2 Å². The van der Waals surface area contributed by atoms with Crippen molar-refractivity contribution in [1.29, 1.82) is 0 Å². The number of rotatable bonds is 4. The third kappa shape index (κ3) is 3.56. The number of methoxy groups -OCH3 is 1. The summed E-state index contributed by atoms with van der Waals surface area (Å²) in [5.74, 6) is 2.16. The van der Waals surface area contributed by atoms with E-state index in [-0.39, 0.29) is 12.0 Å². The number of nitrogens with one attached hydrogen (secondary N) is 1. The number of hydrogen-bond donors (Lipinski definition) is 2. The van der Waals surface area contributed by atoms with Gasteiger partial charge in [0.15, 0.2) is 0 Å². The summed E-state index contributed by atoms with van der Waals surface area (Å²) in [7, 11) is 1.66. The number of nitrogen functional groups attached to an aromatic ring is 1. The van der Waals surface area contributed by atoms with Crippen LogP contribution >= 0.6 is 11.6 Å². The zero-order chi connectivity index (χ0) is 16.4. The van der Waals surface area contributed by atoms with Gasteiger partial charge >= 0.3 is 0 Å². The molecule has 1 aromatic heterocycles. The van der Waals surface area contributed by atoms with Gasteiger partial charge in [0.1, 0.15) is 11.6 Å². The summed E-state index contributed by atoms with van der Waals surface area (Å²) >= 11 is 6.11. The molecule has 23 heavy (non-hydrogen) atoms. The number of anilines is 3. The van der Waals surface area contributed by atoms with Crippen molar-refractivity contribution in [2.45, 2.75) is 19.4 Å². The van der Waals surface area contributed by atoms with Gasteiger partial charge in [-0.05, 0) is 31.5 Å². The van der Waals surface area contributed by atoms with Crippen molar-refractivity contribution in [2.24, 2.45) is 0 Å². The number of halogens is 1. The average Bonchev–Trinajstić information content (AvgIpc) is 2.94. The van der Waals surface area contributed by atoms with Crippen LogP contribution in [0.25, 0.3) is 0 Å². The summed E-state index contributed by atoms with van der Waals surface area (Å²) < 4.78 is 5.43. The fraction of sp³-hybridized carbons (Fsp3) is 0.400. The summed E-state index contributed by atoms with van der Waals surface area (Å²) in [5.41, 5.74) is 6.66. The molecular weight excluding hydrogens is 316 g/mol. The monoisotopic (exact) mass is 334 g/mol. The highest BCUT2D eigenvalue weighted by Gasteiger charge is 2.25. The molecular formula is C15H19ClN6O. The largest absolute Gasteiger partial charge is 0.495 e. The van der Waals surface area contributed by atoms with Crippen LogP contribution in [0.5, 0.6) is 5.75 Å². The Labute approximate surface area is 139 Å². The van der Waals surface area contributed by atoms with E-state index in [2.05, 4.69) is 25.2 Å². The van der Waals surface area contributed by atoms with Crippen molar-refractivity contribution in [3.05, 3.63) is 29.0 Å². The van der Waals surface area contributed by atoms with Crippen LogP contribution in [-0.2, 0) is 0 Å². The van der Waals surface area contributed by atoms with E-state index in [1.54, 1.807) is 14.0 Å². The van der Waals surface area contributed by atoms with E-state index in [9.17, 15) is 0 Å². The molecule has 122 valence electrons. The Kier molecular flexibility index (Phi) is 4.38. The lowest BCUT2D eigenvalue weighted by atomic mass is 10.2. The summed E-state index contributed by atoms with van der Waals surface area (Å²) in [5, 5.41) is 4.01. The molecule has 0 radical (unpaired) electrons. The van der Waals surface area contributed by atoms with E-state index >= 15 is 0 Å². The van der Waals surface area contributed by atoms with Crippen LogP contribution in [0, 0.1) is 6.92 Å². The molecule has 1 aliphatic rings. The Morgan fingerprint density at radius 1 is 1.35 bits per heavy atom. The van der Waals surface area contributed by atoms with Gasteiger partial charge in [-0.15, -0.1) is 0 Å². The van der Waals surface area contributed by atoms with Crippen molar-refractivity contribution in [3.63, 3.8) is 0 Å². The second kappa shape index (κ2) is 6.45. The van der Waals surface area contributed by atoms with E-state index in [4.69, 9.17) is 22.1 Å². The Hall–Kier alpha value is -2.28. The molecule has 3 rings (SSSR count). The van der Waals surface area contributed by atoms with E-state index in [1.165, 1.54) is 0 Å². The molecule has 0 amide bonds. The highest BCUT2D eigenvalue weighted by molar-refractivity contribution is 6.30. The highest BCUT2D eigenvalue weighted by atomic mass is 35.5. The van der Waals surface area contributed by atoms with Crippen LogP contribution in [0.3, 0.4) is 0 Å². The third-order valence-electron chi connectivity index (χ3n) is 3.77. The van der Waals surface area contributed by atoms with Gasteiger partial charge in [-0.1, -0.05) is 11.6 Å².